The van der Waals surface area contributed by atoms with Crippen molar-refractivity contribution in [1.82, 2.24) is 15.0 Å². The highest BCUT2D eigenvalue weighted by Gasteiger charge is 2.50. The fraction of sp³-hybridized carbons (Fsp3) is 0.778. The van der Waals surface area contributed by atoms with Crippen molar-refractivity contribution in [2.45, 2.75) is 26.4 Å². The Balaban J connectivity index is 2.15. The number of hydrogen-bond acceptors (Lipinski definition) is 3. The van der Waals surface area contributed by atoms with Crippen molar-refractivity contribution in [2.75, 3.05) is 0 Å². The number of aryl methyl sites for hydroxylation is 1. The van der Waals surface area contributed by atoms with Gasteiger partial charge in [0.25, 0.3) is 0 Å². The molecule has 2 atom stereocenters. The molecule has 1 saturated carbocycles. The zero-order valence-electron chi connectivity index (χ0n) is 8.23. The van der Waals surface area contributed by atoms with E-state index in [9.17, 15) is 5.11 Å². The van der Waals surface area contributed by atoms with E-state index in [1.165, 1.54) is 0 Å². The Morgan fingerprint density at radius 2 is 2.31 bits per heavy atom. The zero-order valence-corrected chi connectivity index (χ0v) is 8.23. The van der Waals surface area contributed by atoms with Crippen LogP contribution in [0.1, 0.15) is 32.1 Å². The molecule has 0 aliphatic heterocycles. The zero-order chi connectivity index (χ0) is 9.64. The van der Waals surface area contributed by atoms with Crippen LogP contribution in [0, 0.1) is 11.3 Å². The minimum Gasteiger partial charge on any atom is -0.386 e. The van der Waals surface area contributed by atoms with E-state index >= 15 is 0 Å². The van der Waals surface area contributed by atoms with E-state index in [2.05, 4.69) is 24.2 Å². The molecule has 0 saturated heterocycles. The number of nitrogens with zero attached hydrogens (tertiary/aromatic N) is 3. The molecule has 1 aliphatic carbocycles. The molecule has 0 radical (unpaired) electrons. The lowest BCUT2D eigenvalue weighted by Crippen LogP contribution is -2.09. The summed E-state index contributed by atoms with van der Waals surface area (Å²) in [5, 5.41) is 17.5. The van der Waals surface area contributed by atoms with Crippen molar-refractivity contribution in [3.63, 3.8) is 0 Å². The van der Waals surface area contributed by atoms with Crippen LogP contribution in [0.5, 0.6) is 0 Å². The fourth-order valence-electron chi connectivity index (χ4n) is 1.82. The van der Waals surface area contributed by atoms with E-state index < -0.39 is 6.10 Å². The highest BCUT2D eigenvalue weighted by atomic mass is 16.3. The first-order chi connectivity index (χ1) is 6.02. The summed E-state index contributed by atoms with van der Waals surface area (Å²) < 4.78 is 1.64. The van der Waals surface area contributed by atoms with Crippen molar-refractivity contribution in [2.24, 2.45) is 18.4 Å². The summed E-state index contributed by atoms with van der Waals surface area (Å²) >= 11 is 0. The average molecular weight is 181 g/mol. The fourth-order valence-corrected chi connectivity index (χ4v) is 1.82. The van der Waals surface area contributed by atoms with Gasteiger partial charge in [-0.05, 0) is 17.8 Å². The van der Waals surface area contributed by atoms with Gasteiger partial charge in [-0.15, -0.1) is 5.10 Å². The van der Waals surface area contributed by atoms with Gasteiger partial charge >= 0.3 is 0 Å². The monoisotopic (exact) mass is 181 g/mol. The van der Waals surface area contributed by atoms with Crippen LogP contribution in [-0.2, 0) is 7.05 Å². The largest absolute Gasteiger partial charge is 0.386 e. The highest BCUT2D eigenvalue weighted by Crippen LogP contribution is 2.57. The van der Waals surface area contributed by atoms with E-state index in [1.807, 2.05) is 0 Å². The molecular weight excluding hydrogens is 166 g/mol. The third-order valence-corrected chi connectivity index (χ3v) is 3.02. The van der Waals surface area contributed by atoms with Crippen LogP contribution in [0.15, 0.2) is 6.20 Å². The minimum absolute atomic E-state index is 0.281. The third kappa shape index (κ3) is 1.35. The van der Waals surface area contributed by atoms with Gasteiger partial charge in [-0.3, -0.25) is 0 Å². The Labute approximate surface area is 77.6 Å². The Hall–Kier alpha value is -0.900. The summed E-state index contributed by atoms with van der Waals surface area (Å²) in [5.41, 5.74) is 1.10. The smallest absolute Gasteiger partial charge is 0.101 e. The molecule has 0 bridgehead atoms. The topological polar surface area (TPSA) is 50.9 Å². The molecule has 0 amide bonds. The first-order valence-electron chi connectivity index (χ1n) is 4.55. The average Bonchev–Trinajstić information content (AvgIpc) is 2.49. The molecule has 2 rings (SSSR count). The van der Waals surface area contributed by atoms with Crippen molar-refractivity contribution in [1.29, 1.82) is 0 Å². The second-order valence-corrected chi connectivity index (χ2v) is 4.53. The first kappa shape index (κ1) is 8.69. The standard InChI is InChI=1S/C9H15N3O/c1-9(2)4-6(9)8(13)7-5-10-11-12(7)3/h5-6,8,13H,4H2,1-3H3. The van der Waals surface area contributed by atoms with Crippen molar-refractivity contribution in [3.8, 4) is 0 Å². The van der Waals surface area contributed by atoms with E-state index in [0.717, 1.165) is 12.1 Å². The van der Waals surface area contributed by atoms with Gasteiger partial charge in [-0.1, -0.05) is 19.1 Å². The maximum absolute atomic E-state index is 9.96. The Bertz CT molecular complexity index is 318. The van der Waals surface area contributed by atoms with Crippen LogP contribution in [0.2, 0.25) is 0 Å². The van der Waals surface area contributed by atoms with Gasteiger partial charge in [0.1, 0.15) is 6.10 Å². The van der Waals surface area contributed by atoms with Crippen LogP contribution in [0.3, 0.4) is 0 Å². The van der Waals surface area contributed by atoms with Gasteiger partial charge in [0.15, 0.2) is 0 Å². The lowest BCUT2D eigenvalue weighted by Gasteiger charge is -2.11. The number of aromatic nitrogens is 3. The minimum atomic E-state index is -0.407. The predicted molar refractivity (Wildman–Crippen MR) is 47.9 cm³/mol. The summed E-state index contributed by atoms with van der Waals surface area (Å²) in [7, 11) is 1.81. The van der Waals surface area contributed by atoms with E-state index in [4.69, 9.17) is 0 Å². The molecule has 2 unspecified atom stereocenters. The molecule has 1 N–H and O–H groups in total. The molecule has 1 aromatic rings. The maximum atomic E-state index is 9.96. The molecule has 13 heavy (non-hydrogen) atoms. The number of rotatable bonds is 2. The van der Waals surface area contributed by atoms with Gasteiger partial charge in [-0.2, -0.15) is 0 Å². The molecule has 72 valence electrons. The molecule has 0 spiro atoms. The van der Waals surface area contributed by atoms with Crippen LogP contribution in [-0.4, -0.2) is 20.1 Å². The van der Waals surface area contributed by atoms with Crippen LogP contribution in [0.4, 0.5) is 0 Å². The summed E-state index contributed by atoms with van der Waals surface area (Å²) in [6.07, 6.45) is 2.31. The SMILES string of the molecule is Cn1nncc1C(O)C1CC1(C)C. The van der Waals surface area contributed by atoms with Gasteiger partial charge in [0.05, 0.1) is 11.9 Å². The summed E-state index contributed by atoms with van der Waals surface area (Å²) in [6, 6.07) is 0. The molecule has 1 heterocycles. The van der Waals surface area contributed by atoms with Crippen LogP contribution >= 0.6 is 0 Å². The predicted octanol–water partition coefficient (Wildman–Crippen LogP) is 0.895. The summed E-state index contributed by atoms with van der Waals surface area (Å²) in [6.45, 7) is 4.34. The molecule has 1 aromatic heterocycles. The normalized spacial score (nSPS) is 27.2. The second kappa shape index (κ2) is 2.54. The quantitative estimate of drug-likeness (QED) is 0.737. The van der Waals surface area contributed by atoms with Gasteiger partial charge in [-0.25, -0.2) is 4.68 Å². The van der Waals surface area contributed by atoms with E-state index in [-0.39, 0.29) is 5.41 Å². The lowest BCUT2D eigenvalue weighted by molar-refractivity contribution is 0.129. The van der Waals surface area contributed by atoms with E-state index in [0.29, 0.717) is 5.92 Å². The number of aliphatic hydroxyl groups is 1. The van der Waals surface area contributed by atoms with Gasteiger partial charge in [0, 0.05) is 7.05 Å². The van der Waals surface area contributed by atoms with Crippen molar-refractivity contribution >= 4 is 0 Å². The first-order valence-corrected chi connectivity index (χ1v) is 4.55. The molecule has 4 heteroatoms. The number of hydrogen-bond donors (Lipinski definition) is 1. The Morgan fingerprint density at radius 3 is 2.69 bits per heavy atom. The van der Waals surface area contributed by atoms with E-state index in [1.54, 1.807) is 17.9 Å². The van der Waals surface area contributed by atoms with Gasteiger partial charge < -0.3 is 5.11 Å². The summed E-state index contributed by atoms with van der Waals surface area (Å²) in [5.74, 6) is 0.365. The Morgan fingerprint density at radius 1 is 1.69 bits per heavy atom. The van der Waals surface area contributed by atoms with Crippen LogP contribution in [0.25, 0.3) is 0 Å². The Kier molecular flexibility index (Phi) is 1.70. The van der Waals surface area contributed by atoms with Crippen LogP contribution < -0.4 is 0 Å². The number of aliphatic hydroxyl groups excluding tert-OH is 1. The van der Waals surface area contributed by atoms with Gasteiger partial charge in [0.2, 0.25) is 0 Å². The third-order valence-electron chi connectivity index (χ3n) is 3.02. The summed E-state index contributed by atoms with van der Waals surface area (Å²) in [4.78, 5) is 0. The lowest BCUT2D eigenvalue weighted by atomic mass is 10.0. The molecular formula is C9H15N3O. The van der Waals surface area contributed by atoms with Crippen molar-refractivity contribution < 1.29 is 5.11 Å². The molecule has 1 fully saturated rings. The molecule has 1 aliphatic rings. The molecule has 4 nitrogen and oxygen atoms in total. The van der Waals surface area contributed by atoms with Crippen molar-refractivity contribution in [3.05, 3.63) is 11.9 Å². The maximum Gasteiger partial charge on any atom is 0.101 e. The molecule has 0 aromatic carbocycles. The second-order valence-electron chi connectivity index (χ2n) is 4.53. The highest BCUT2D eigenvalue weighted by molar-refractivity contribution is 5.09.